The lowest BCUT2D eigenvalue weighted by molar-refractivity contribution is 0.184. The molecule has 2 aromatic heterocycles. The molecule has 1 fully saturated rings. The molecule has 164 valence electrons. The number of nitrogens with one attached hydrogen (secondary N) is 1. The minimum Gasteiger partial charge on any atom is -0.347 e. The van der Waals surface area contributed by atoms with Crippen LogP contribution in [0.2, 0.25) is 0 Å². The van der Waals surface area contributed by atoms with Crippen LogP contribution in [0.25, 0.3) is 10.9 Å². The summed E-state index contributed by atoms with van der Waals surface area (Å²) in [4.78, 5) is 18.4. The van der Waals surface area contributed by atoms with Gasteiger partial charge in [-0.05, 0) is 42.3 Å². The summed E-state index contributed by atoms with van der Waals surface area (Å²) in [6.07, 6.45) is 4.95. The molecule has 0 spiro atoms. The van der Waals surface area contributed by atoms with Crippen LogP contribution in [0.4, 0.5) is 10.5 Å². The van der Waals surface area contributed by atoms with Crippen LogP contribution in [0.1, 0.15) is 13.8 Å². The van der Waals surface area contributed by atoms with E-state index in [9.17, 15) is 13.2 Å². The van der Waals surface area contributed by atoms with E-state index in [1.807, 2.05) is 18.2 Å². The number of carbonyl (C=O) groups excluding carboxylic acids is 1. The minimum atomic E-state index is -3.59. The van der Waals surface area contributed by atoms with Gasteiger partial charge in [0, 0.05) is 67.9 Å². The van der Waals surface area contributed by atoms with Gasteiger partial charge in [0.05, 0.1) is 0 Å². The third-order valence-corrected chi connectivity index (χ3v) is 7.26. The normalized spacial score (nSPS) is 15.5. The van der Waals surface area contributed by atoms with Crippen LogP contribution in [0.3, 0.4) is 0 Å². The minimum absolute atomic E-state index is 0.172. The first-order valence-corrected chi connectivity index (χ1v) is 11.8. The van der Waals surface area contributed by atoms with E-state index in [0.29, 0.717) is 19.0 Å². The predicted octanol–water partition coefficient (Wildman–Crippen LogP) is 3.23. The lowest BCUT2D eigenvalue weighted by Crippen LogP contribution is -2.51. The topological polar surface area (TPSA) is 87.5 Å². The van der Waals surface area contributed by atoms with E-state index in [4.69, 9.17) is 0 Å². The SMILES string of the molecule is CC(C)Cn1ccc2cc(NC(=O)N3CCN(S(=O)(=O)c4cccnc4)CC3)ccc21. The maximum atomic E-state index is 12.7. The highest BCUT2D eigenvalue weighted by molar-refractivity contribution is 7.89. The van der Waals surface area contributed by atoms with E-state index < -0.39 is 10.0 Å². The molecule has 1 aliphatic heterocycles. The Kier molecular flexibility index (Phi) is 5.97. The van der Waals surface area contributed by atoms with E-state index >= 15 is 0 Å². The van der Waals surface area contributed by atoms with Gasteiger partial charge in [-0.2, -0.15) is 4.31 Å². The number of urea groups is 1. The molecule has 1 saturated heterocycles. The average Bonchev–Trinajstić information content (AvgIpc) is 3.15. The monoisotopic (exact) mass is 441 g/mol. The van der Waals surface area contributed by atoms with Crippen molar-refractivity contribution in [3.63, 3.8) is 0 Å². The van der Waals surface area contributed by atoms with Gasteiger partial charge in [-0.15, -0.1) is 0 Å². The van der Waals surface area contributed by atoms with Crippen molar-refractivity contribution < 1.29 is 13.2 Å². The van der Waals surface area contributed by atoms with Gasteiger partial charge in [0.15, 0.2) is 0 Å². The second-order valence-corrected chi connectivity index (χ2v) is 10.1. The van der Waals surface area contributed by atoms with Crippen LogP contribution in [0, 0.1) is 5.92 Å². The highest BCUT2D eigenvalue weighted by Gasteiger charge is 2.30. The van der Waals surface area contributed by atoms with E-state index in [1.54, 1.807) is 11.0 Å². The van der Waals surface area contributed by atoms with Crippen molar-refractivity contribution in [3.05, 3.63) is 55.0 Å². The van der Waals surface area contributed by atoms with Crippen molar-refractivity contribution in [1.82, 2.24) is 18.8 Å². The number of sulfonamides is 1. The molecule has 1 aromatic carbocycles. The number of hydrogen-bond donors (Lipinski definition) is 1. The molecule has 1 N–H and O–H groups in total. The number of rotatable bonds is 5. The first-order chi connectivity index (χ1) is 14.8. The van der Waals surface area contributed by atoms with Crippen molar-refractivity contribution in [3.8, 4) is 0 Å². The number of benzene rings is 1. The Morgan fingerprint density at radius 3 is 2.58 bits per heavy atom. The summed E-state index contributed by atoms with van der Waals surface area (Å²) in [5.74, 6) is 0.551. The summed E-state index contributed by atoms with van der Waals surface area (Å²) in [5, 5.41) is 4.01. The second kappa shape index (κ2) is 8.68. The molecular formula is C22H27N5O3S. The molecule has 1 aliphatic rings. The van der Waals surface area contributed by atoms with Crippen molar-refractivity contribution in [1.29, 1.82) is 0 Å². The summed E-state index contributed by atoms with van der Waals surface area (Å²) in [5.41, 5.74) is 1.87. The van der Waals surface area contributed by atoms with Crippen molar-refractivity contribution in [2.75, 3.05) is 31.5 Å². The number of pyridine rings is 1. The molecule has 0 unspecified atom stereocenters. The number of fused-ring (bicyclic) bond motifs is 1. The molecule has 9 heteroatoms. The Morgan fingerprint density at radius 2 is 1.90 bits per heavy atom. The zero-order chi connectivity index (χ0) is 22.0. The molecule has 0 atom stereocenters. The van der Waals surface area contributed by atoms with Gasteiger partial charge in [-0.3, -0.25) is 4.98 Å². The molecule has 3 heterocycles. The predicted molar refractivity (Wildman–Crippen MR) is 120 cm³/mol. The van der Waals surface area contributed by atoms with E-state index in [0.717, 1.165) is 23.1 Å². The number of anilines is 1. The second-order valence-electron chi connectivity index (χ2n) is 8.15. The van der Waals surface area contributed by atoms with E-state index in [-0.39, 0.29) is 24.0 Å². The smallest absolute Gasteiger partial charge is 0.321 e. The third kappa shape index (κ3) is 4.57. The van der Waals surface area contributed by atoms with Gasteiger partial charge in [0.2, 0.25) is 10.0 Å². The van der Waals surface area contributed by atoms with Crippen LogP contribution in [0.15, 0.2) is 59.9 Å². The fraction of sp³-hybridized carbons (Fsp3) is 0.364. The third-order valence-electron chi connectivity index (χ3n) is 5.38. The Bertz CT molecular complexity index is 1170. The molecule has 8 nitrogen and oxygen atoms in total. The van der Waals surface area contributed by atoms with Crippen LogP contribution in [-0.4, -0.2) is 59.4 Å². The van der Waals surface area contributed by atoms with Crippen molar-refractivity contribution in [2.24, 2.45) is 5.92 Å². The molecule has 4 rings (SSSR count). The molecule has 31 heavy (non-hydrogen) atoms. The fourth-order valence-electron chi connectivity index (χ4n) is 3.81. The molecule has 0 aliphatic carbocycles. The molecular weight excluding hydrogens is 414 g/mol. The van der Waals surface area contributed by atoms with Crippen LogP contribution in [0.5, 0.6) is 0 Å². The van der Waals surface area contributed by atoms with Crippen LogP contribution in [-0.2, 0) is 16.6 Å². The summed E-state index contributed by atoms with van der Waals surface area (Å²) >= 11 is 0. The summed E-state index contributed by atoms with van der Waals surface area (Å²) in [6.45, 7) is 6.48. The van der Waals surface area contributed by atoms with E-state index in [2.05, 4.69) is 41.0 Å². The van der Waals surface area contributed by atoms with Gasteiger partial charge < -0.3 is 14.8 Å². The van der Waals surface area contributed by atoms with Crippen molar-refractivity contribution >= 4 is 32.6 Å². The zero-order valence-electron chi connectivity index (χ0n) is 17.7. The number of piperazine rings is 1. The quantitative estimate of drug-likeness (QED) is 0.659. The highest BCUT2D eigenvalue weighted by Crippen LogP contribution is 2.22. The zero-order valence-corrected chi connectivity index (χ0v) is 18.5. The number of aromatic nitrogens is 2. The Hall–Kier alpha value is -2.91. The molecule has 0 bridgehead atoms. The number of amides is 2. The highest BCUT2D eigenvalue weighted by atomic mass is 32.2. The fourth-order valence-corrected chi connectivity index (χ4v) is 5.20. The molecule has 0 radical (unpaired) electrons. The molecule has 3 aromatic rings. The van der Waals surface area contributed by atoms with Crippen LogP contribution < -0.4 is 5.32 Å². The standard InChI is InChI=1S/C22H27N5O3S/c1-17(2)16-26-9-7-18-14-19(5-6-21(18)26)24-22(28)25-10-12-27(13-11-25)31(29,30)20-4-3-8-23-15-20/h3-9,14-15,17H,10-13,16H2,1-2H3,(H,24,28). The summed E-state index contributed by atoms with van der Waals surface area (Å²) in [6, 6.07) is 10.9. The van der Waals surface area contributed by atoms with Gasteiger partial charge in [0.25, 0.3) is 0 Å². The number of carbonyl (C=O) groups is 1. The van der Waals surface area contributed by atoms with Gasteiger partial charge in [0.1, 0.15) is 4.90 Å². The Balaban J connectivity index is 1.38. The first kappa shape index (κ1) is 21.3. The van der Waals surface area contributed by atoms with Crippen LogP contribution >= 0.6 is 0 Å². The lowest BCUT2D eigenvalue weighted by Gasteiger charge is -2.33. The Labute approximate surface area is 182 Å². The average molecular weight is 442 g/mol. The Morgan fingerprint density at radius 1 is 1.13 bits per heavy atom. The largest absolute Gasteiger partial charge is 0.347 e. The molecule has 0 saturated carbocycles. The van der Waals surface area contributed by atoms with Gasteiger partial charge >= 0.3 is 6.03 Å². The van der Waals surface area contributed by atoms with E-state index in [1.165, 1.54) is 22.8 Å². The van der Waals surface area contributed by atoms with Gasteiger partial charge in [-0.25, -0.2) is 13.2 Å². The maximum Gasteiger partial charge on any atom is 0.321 e. The summed E-state index contributed by atoms with van der Waals surface area (Å²) in [7, 11) is -3.59. The number of nitrogens with zero attached hydrogens (tertiary/aromatic N) is 4. The first-order valence-electron chi connectivity index (χ1n) is 10.4. The molecule has 2 amide bonds. The number of hydrogen-bond acceptors (Lipinski definition) is 4. The summed E-state index contributed by atoms with van der Waals surface area (Å²) < 4.78 is 29.0. The maximum absolute atomic E-state index is 12.7. The van der Waals surface area contributed by atoms with Gasteiger partial charge in [-0.1, -0.05) is 13.8 Å². The lowest BCUT2D eigenvalue weighted by atomic mass is 10.2. The van der Waals surface area contributed by atoms with Crippen molar-refractivity contribution in [2.45, 2.75) is 25.3 Å².